The Balaban J connectivity index is 1.26. The molecule has 0 aliphatic heterocycles. The summed E-state index contributed by atoms with van der Waals surface area (Å²) in [5, 5.41) is 3.52. The van der Waals surface area contributed by atoms with E-state index in [1.54, 1.807) is 6.07 Å². The van der Waals surface area contributed by atoms with Crippen LogP contribution in [0.1, 0.15) is 31.2 Å². The molecule has 1 aliphatic carbocycles. The maximum Gasteiger partial charge on any atom is 0.123 e. The van der Waals surface area contributed by atoms with Crippen LogP contribution in [0.5, 0.6) is 11.5 Å². The van der Waals surface area contributed by atoms with Crippen molar-refractivity contribution < 1.29 is 18.6 Å². The lowest BCUT2D eigenvalue weighted by Gasteiger charge is -2.12. The average molecular weight is 373 g/mol. The molecule has 0 aromatic heterocycles. The van der Waals surface area contributed by atoms with Gasteiger partial charge >= 0.3 is 0 Å². The maximum atomic E-state index is 13.1. The molecule has 27 heavy (non-hydrogen) atoms. The van der Waals surface area contributed by atoms with E-state index in [2.05, 4.69) is 5.32 Å². The summed E-state index contributed by atoms with van der Waals surface area (Å²) in [6.07, 6.45) is 5.29. The molecular formula is C22H28FNO3. The van der Waals surface area contributed by atoms with Crippen molar-refractivity contribution in [3.8, 4) is 11.5 Å². The minimum Gasteiger partial charge on any atom is -0.491 e. The summed E-state index contributed by atoms with van der Waals surface area (Å²) in [5.41, 5.74) is 0.801. The van der Waals surface area contributed by atoms with Crippen molar-refractivity contribution in [2.45, 2.75) is 38.3 Å². The summed E-state index contributed by atoms with van der Waals surface area (Å²) in [7, 11) is 0. The highest BCUT2D eigenvalue weighted by atomic mass is 19.1. The topological polar surface area (TPSA) is 39.7 Å². The Morgan fingerprint density at radius 2 is 1.63 bits per heavy atom. The van der Waals surface area contributed by atoms with Crippen molar-refractivity contribution in [2.24, 2.45) is 0 Å². The quantitative estimate of drug-likeness (QED) is 0.595. The molecule has 1 saturated carbocycles. The maximum absolute atomic E-state index is 13.1. The second kappa shape index (κ2) is 10.9. The number of rotatable bonds is 11. The van der Waals surface area contributed by atoms with Crippen LogP contribution in [0.3, 0.4) is 0 Å². The van der Waals surface area contributed by atoms with Crippen molar-refractivity contribution in [1.82, 2.24) is 5.32 Å². The largest absolute Gasteiger partial charge is 0.491 e. The first-order valence-electron chi connectivity index (χ1n) is 9.71. The summed E-state index contributed by atoms with van der Waals surface area (Å²) in [6, 6.07) is 14.5. The molecular weight excluding hydrogens is 345 g/mol. The monoisotopic (exact) mass is 373 g/mol. The third kappa shape index (κ3) is 7.19. The molecule has 4 nitrogen and oxygen atoms in total. The SMILES string of the molecule is Fc1cccc(COc2ccc(OCCOCCNC3CCCC3)cc2)c1. The summed E-state index contributed by atoms with van der Waals surface area (Å²) in [6.45, 7) is 3.05. The minimum atomic E-state index is -0.253. The van der Waals surface area contributed by atoms with Gasteiger partial charge in [-0.2, -0.15) is 0 Å². The standard InChI is InChI=1S/C22H28FNO3/c23-19-5-3-4-18(16-19)17-27-22-10-8-21(9-11-22)26-15-14-25-13-12-24-20-6-1-2-7-20/h3-5,8-11,16,20,24H,1-2,6-7,12-15,17H2. The van der Waals surface area contributed by atoms with Crippen LogP contribution < -0.4 is 14.8 Å². The fourth-order valence-corrected chi connectivity index (χ4v) is 3.21. The molecule has 146 valence electrons. The molecule has 0 amide bonds. The zero-order valence-corrected chi connectivity index (χ0v) is 15.7. The number of halogens is 1. The third-order valence-electron chi connectivity index (χ3n) is 4.65. The lowest BCUT2D eigenvalue weighted by molar-refractivity contribution is 0.100. The van der Waals surface area contributed by atoms with Crippen LogP contribution in [0.25, 0.3) is 0 Å². The number of hydrogen-bond donors (Lipinski definition) is 1. The van der Waals surface area contributed by atoms with Crippen LogP contribution >= 0.6 is 0 Å². The van der Waals surface area contributed by atoms with Gasteiger partial charge in [0.1, 0.15) is 30.5 Å². The Bertz CT molecular complexity index is 672. The highest BCUT2D eigenvalue weighted by Crippen LogP contribution is 2.19. The van der Waals surface area contributed by atoms with E-state index in [1.165, 1.54) is 37.8 Å². The molecule has 0 saturated heterocycles. The fraction of sp³-hybridized carbons (Fsp3) is 0.455. The molecule has 0 unspecified atom stereocenters. The van der Waals surface area contributed by atoms with Gasteiger partial charge in [0.15, 0.2) is 0 Å². The smallest absolute Gasteiger partial charge is 0.123 e. The Morgan fingerprint density at radius 3 is 2.37 bits per heavy atom. The molecule has 0 bridgehead atoms. The number of ether oxygens (including phenoxy) is 3. The van der Waals surface area contributed by atoms with Gasteiger partial charge in [0.25, 0.3) is 0 Å². The van der Waals surface area contributed by atoms with Crippen LogP contribution in [0.15, 0.2) is 48.5 Å². The van der Waals surface area contributed by atoms with Gasteiger partial charge in [0.2, 0.25) is 0 Å². The van der Waals surface area contributed by atoms with E-state index in [1.807, 2.05) is 30.3 Å². The van der Waals surface area contributed by atoms with Crippen LogP contribution in [-0.4, -0.2) is 32.4 Å². The molecule has 0 spiro atoms. The third-order valence-corrected chi connectivity index (χ3v) is 4.65. The predicted octanol–water partition coefficient (Wildman–Crippen LogP) is 4.33. The van der Waals surface area contributed by atoms with Gasteiger partial charge in [-0.05, 0) is 54.8 Å². The van der Waals surface area contributed by atoms with Crippen LogP contribution in [0.4, 0.5) is 4.39 Å². The Labute approximate surface area is 160 Å². The van der Waals surface area contributed by atoms with Crippen molar-refractivity contribution in [1.29, 1.82) is 0 Å². The van der Waals surface area contributed by atoms with Gasteiger partial charge in [0, 0.05) is 12.6 Å². The van der Waals surface area contributed by atoms with Crippen LogP contribution in [-0.2, 0) is 11.3 Å². The van der Waals surface area contributed by atoms with Crippen molar-refractivity contribution in [3.63, 3.8) is 0 Å². The molecule has 3 rings (SSSR count). The molecule has 2 aromatic carbocycles. The fourth-order valence-electron chi connectivity index (χ4n) is 3.21. The first-order chi connectivity index (χ1) is 13.3. The van der Waals surface area contributed by atoms with Gasteiger partial charge < -0.3 is 19.5 Å². The van der Waals surface area contributed by atoms with Gasteiger partial charge in [-0.15, -0.1) is 0 Å². The molecule has 0 heterocycles. The van der Waals surface area contributed by atoms with Crippen molar-refractivity contribution in [3.05, 3.63) is 59.9 Å². The second-order valence-corrected chi connectivity index (χ2v) is 6.79. The van der Waals surface area contributed by atoms with Crippen molar-refractivity contribution in [2.75, 3.05) is 26.4 Å². The first-order valence-corrected chi connectivity index (χ1v) is 9.71. The minimum absolute atomic E-state index is 0.253. The zero-order chi connectivity index (χ0) is 18.7. The zero-order valence-electron chi connectivity index (χ0n) is 15.7. The highest BCUT2D eigenvalue weighted by molar-refractivity contribution is 5.31. The number of nitrogens with one attached hydrogen (secondary N) is 1. The lowest BCUT2D eigenvalue weighted by Crippen LogP contribution is -2.29. The van der Waals surface area contributed by atoms with Gasteiger partial charge in [-0.25, -0.2) is 4.39 Å². The van der Waals surface area contributed by atoms with E-state index < -0.39 is 0 Å². The van der Waals surface area contributed by atoms with E-state index in [-0.39, 0.29) is 5.82 Å². The van der Waals surface area contributed by atoms with E-state index in [0.29, 0.717) is 32.5 Å². The van der Waals surface area contributed by atoms with Gasteiger partial charge in [0.05, 0.1) is 13.2 Å². The van der Waals surface area contributed by atoms with Crippen molar-refractivity contribution >= 4 is 0 Å². The van der Waals surface area contributed by atoms with Gasteiger partial charge in [-0.3, -0.25) is 0 Å². The Hall–Kier alpha value is -2.11. The van der Waals surface area contributed by atoms with E-state index >= 15 is 0 Å². The predicted molar refractivity (Wildman–Crippen MR) is 104 cm³/mol. The number of benzene rings is 2. The van der Waals surface area contributed by atoms with Gasteiger partial charge in [-0.1, -0.05) is 25.0 Å². The summed E-state index contributed by atoms with van der Waals surface area (Å²) < 4.78 is 30.1. The molecule has 1 N–H and O–H groups in total. The molecule has 1 aliphatic rings. The Morgan fingerprint density at radius 1 is 0.889 bits per heavy atom. The average Bonchev–Trinajstić information content (AvgIpc) is 3.20. The summed E-state index contributed by atoms with van der Waals surface area (Å²) in [5.74, 6) is 1.25. The first kappa shape index (κ1) is 19.6. The molecule has 0 atom stereocenters. The molecule has 1 fully saturated rings. The number of hydrogen-bond acceptors (Lipinski definition) is 4. The van der Waals surface area contributed by atoms with Crippen LogP contribution in [0, 0.1) is 5.82 Å². The summed E-state index contributed by atoms with van der Waals surface area (Å²) in [4.78, 5) is 0. The highest BCUT2D eigenvalue weighted by Gasteiger charge is 2.13. The van der Waals surface area contributed by atoms with E-state index in [4.69, 9.17) is 14.2 Å². The summed E-state index contributed by atoms with van der Waals surface area (Å²) >= 11 is 0. The molecule has 2 aromatic rings. The lowest BCUT2D eigenvalue weighted by atomic mass is 10.2. The Kier molecular flexibility index (Phi) is 7.93. The van der Waals surface area contributed by atoms with E-state index in [9.17, 15) is 4.39 Å². The molecule has 0 radical (unpaired) electrons. The molecule has 5 heteroatoms. The second-order valence-electron chi connectivity index (χ2n) is 6.79. The van der Waals surface area contributed by atoms with E-state index in [0.717, 1.165) is 23.6 Å². The van der Waals surface area contributed by atoms with Crippen LogP contribution in [0.2, 0.25) is 0 Å². The normalized spacial score (nSPS) is 14.4.